The number of carboxylic acids is 1. The normalized spacial score (nSPS) is 11.8. The standard InChI is InChI=1S/C21H20N2O4S/c1-3-17(20(24)25)15-8-4-13(5-9-15)14-6-10-16(11-7-14)19-18(22-21(26)27)12(2)23-28-19/h4-11,17,22H,3H2,1-2H3,(H,24,25)(H,26,27). The van der Waals surface area contributed by atoms with Crippen LogP contribution in [0, 0.1) is 6.92 Å². The van der Waals surface area contributed by atoms with Gasteiger partial charge in [-0.15, -0.1) is 0 Å². The van der Waals surface area contributed by atoms with Crippen LogP contribution in [0.1, 0.15) is 30.5 Å². The number of aryl methyl sites for hydroxylation is 1. The highest BCUT2D eigenvalue weighted by molar-refractivity contribution is 7.10. The highest BCUT2D eigenvalue weighted by Gasteiger charge is 2.17. The molecular formula is C21H20N2O4S. The lowest BCUT2D eigenvalue weighted by Gasteiger charge is -2.11. The molecule has 0 aliphatic rings. The van der Waals surface area contributed by atoms with Gasteiger partial charge in [0, 0.05) is 0 Å². The summed E-state index contributed by atoms with van der Waals surface area (Å²) in [6.07, 6.45) is -0.572. The van der Waals surface area contributed by atoms with Crippen molar-refractivity contribution in [3.8, 4) is 21.6 Å². The van der Waals surface area contributed by atoms with Crippen LogP contribution in [0.3, 0.4) is 0 Å². The van der Waals surface area contributed by atoms with Crippen molar-refractivity contribution in [2.45, 2.75) is 26.2 Å². The summed E-state index contributed by atoms with van der Waals surface area (Å²) in [5.41, 5.74) is 4.80. The quantitative estimate of drug-likeness (QED) is 0.514. The zero-order chi connectivity index (χ0) is 20.3. The Morgan fingerprint density at radius 1 is 1.00 bits per heavy atom. The molecule has 1 aromatic heterocycles. The number of carbonyl (C=O) groups is 2. The van der Waals surface area contributed by atoms with E-state index in [0.29, 0.717) is 17.8 Å². The second kappa shape index (κ2) is 8.22. The molecule has 0 aliphatic heterocycles. The van der Waals surface area contributed by atoms with E-state index in [-0.39, 0.29) is 0 Å². The van der Waals surface area contributed by atoms with Gasteiger partial charge in [0.2, 0.25) is 0 Å². The molecule has 0 spiro atoms. The van der Waals surface area contributed by atoms with E-state index in [0.717, 1.165) is 27.1 Å². The highest BCUT2D eigenvalue weighted by Crippen LogP contribution is 2.36. The first-order valence-electron chi connectivity index (χ1n) is 8.80. The molecule has 3 N–H and O–H groups in total. The SMILES string of the molecule is CCC(C(=O)O)c1ccc(-c2ccc(-c3snc(C)c3NC(=O)O)cc2)cc1. The van der Waals surface area contributed by atoms with Crippen LogP contribution >= 0.6 is 11.5 Å². The lowest BCUT2D eigenvalue weighted by Crippen LogP contribution is -2.10. The summed E-state index contributed by atoms with van der Waals surface area (Å²) in [5, 5.41) is 20.7. The van der Waals surface area contributed by atoms with Crippen LogP contribution in [0.5, 0.6) is 0 Å². The van der Waals surface area contributed by atoms with Crippen molar-refractivity contribution in [3.63, 3.8) is 0 Å². The fourth-order valence-corrected chi connectivity index (χ4v) is 3.95. The molecule has 1 amide bonds. The number of rotatable bonds is 6. The third-order valence-electron chi connectivity index (χ3n) is 4.59. The minimum atomic E-state index is -1.12. The van der Waals surface area contributed by atoms with Gasteiger partial charge in [0.05, 0.1) is 22.2 Å². The molecule has 28 heavy (non-hydrogen) atoms. The molecule has 6 nitrogen and oxygen atoms in total. The molecular weight excluding hydrogens is 376 g/mol. The molecule has 0 radical (unpaired) electrons. The number of anilines is 1. The second-order valence-corrected chi connectivity index (χ2v) is 7.17. The maximum atomic E-state index is 11.3. The van der Waals surface area contributed by atoms with E-state index in [4.69, 9.17) is 5.11 Å². The van der Waals surface area contributed by atoms with E-state index in [2.05, 4.69) is 9.69 Å². The molecule has 0 aliphatic carbocycles. The van der Waals surface area contributed by atoms with Crippen LogP contribution in [0.2, 0.25) is 0 Å². The lowest BCUT2D eigenvalue weighted by atomic mass is 9.94. The number of aromatic nitrogens is 1. The van der Waals surface area contributed by atoms with E-state index < -0.39 is 18.0 Å². The molecule has 3 aromatic rings. The van der Waals surface area contributed by atoms with Crippen molar-refractivity contribution in [1.82, 2.24) is 4.37 Å². The Bertz CT molecular complexity index is 994. The fourth-order valence-electron chi connectivity index (χ4n) is 3.10. The van der Waals surface area contributed by atoms with Crippen LogP contribution in [-0.2, 0) is 4.79 Å². The van der Waals surface area contributed by atoms with Gasteiger partial charge in [-0.1, -0.05) is 55.5 Å². The summed E-state index contributed by atoms with van der Waals surface area (Å²) in [5.74, 6) is -1.31. The molecule has 0 fully saturated rings. The van der Waals surface area contributed by atoms with Crippen molar-refractivity contribution in [2.75, 3.05) is 5.32 Å². The lowest BCUT2D eigenvalue weighted by molar-refractivity contribution is -0.138. The molecule has 1 unspecified atom stereocenters. The maximum Gasteiger partial charge on any atom is 0.409 e. The van der Waals surface area contributed by atoms with Crippen molar-refractivity contribution in [2.24, 2.45) is 0 Å². The van der Waals surface area contributed by atoms with Gasteiger partial charge in [-0.05, 0) is 47.1 Å². The Hall–Kier alpha value is -3.19. The van der Waals surface area contributed by atoms with E-state index in [9.17, 15) is 14.7 Å². The molecule has 1 atom stereocenters. The van der Waals surface area contributed by atoms with Gasteiger partial charge in [0.15, 0.2) is 0 Å². The minimum Gasteiger partial charge on any atom is -0.481 e. The summed E-state index contributed by atoms with van der Waals surface area (Å²) >= 11 is 1.25. The van der Waals surface area contributed by atoms with Crippen LogP contribution in [-0.4, -0.2) is 26.6 Å². The van der Waals surface area contributed by atoms with E-state index >= 15 is 0 Å². The predicted molar refractivity (Wildman–Crippen MR) is 110 cm³/mol. The Balaban J connectivity index is 1.86. The molecule has 1 heterocycles. The number of benzene rings is 2. The van der Waals surface area contributed by atoms with E-state index in [1.165, 1.54) is 11.5 Å². The van der Waals surface area contributed by atoms with Gasteiger partial charge in [-0.3, -0.25) is 10.1 Å². The number of carboxylic acid groups (broad SMARTS) is 2. The first-order chi connectivity index (χ1) is 13.4. The van der Waals surface area contributed by atoms with Gasteiger partial charge in [0.1, 0.15) is 0 Å². The van der Waals surface area contributed by atoms with E-state index in [1.54, 1.807) is 6.92 Å². The summed E-state index contributed by atoms with van der Waals surface area (Å²) in [4.78, 5) is 23.1. The molecule has 0 saturated heterocycles. The van der Waals surface area contributed by atoms with Crippen molar-refractivity contribution < 1.29 is 19.8 Å². The smallest absolute Gasteiger partial charge is 0.409 e. The van der Waals surface area contributed by atoms with Crippen molar-refractivity contribution >= 4 is 29.3 Å². The average Bonchev–Trinajstić information content (AvgIpc) is 3.03. The van der Waals surface area contributed by atoms with Gasteiger partial charge in [0.25, 0.3) is 0 Å². The Labute approximate surface area is 166 Å². The van der Waals surface area contributed by atoms with Crippen LogP contribution in [0.25, 0.3) is 21.6 Å². The van der Waals surface area contributed by atoms with Crippen LogP contribution in [0.4, 0.5) is 10.5 Å². The highest BCUT2D eigenvalue weighted by atomic mass is 32.1. The first kappa shape index (κ1) is 19.6. The number of hydrogen-bond donors (Lipinski definition) is 3. The zero-order valence-electron chi connectivity index (χ0n) is 15.5. The average molecular weight is 396 g/mol. The van der Waals surface area contributed by atoms with Gasteiger partial charge in [-0.2, -0.15) is 4.37 Å². The molecule has 3 rings (SSSR count). The maximum absolute atomic E-state index is 11.3. The van der Waals surface area contributed by atoms with Gasteiger partial charge in [-0.25, -0.2) is 4.79 Å². The van der Waals surface area contributed by atoms with Crippen LogP contribution in [0.15, 0.2) is 48.5 Å². The third-order valence-corrected chi connectivity index (χ3v) is 5.58. The molecule has 144 valence electrons. The van der Waals surface area contributed by atoms with Crippen LogP contribution < -0.4 is 5.32 Å². The number of nitrogens with zero attached hydrogens (tertiary/aromatic N) is 1. The van der Waals surface area contributed by atoms with E-state index in [1.807, 2.05) is 55.5 Å². The van der Waals surface area contributed by atoms with Crippen molar-refractivity contribution in [1.29, 1.82) is 0 Å². The number of amides is 1. The Morgan fingerprint density at radius 2 is 1.54 bits per heavy atom. The number of aliphatic carboxylic acids is 1. The topological polar surface area (TPSA) is 99.5 Å². The summed E-state index contributed by atoms with van der Waals surface area (Å²) in [6.45, 7) is 3.63. The second-order valence-electron chi connectivity index (χ2n) is 6.40. The fraction of sp³-hybridized carbons (Fsp3) is 0.190. The Morgan fingerprint density at radius 3 is 2.04 bits per heavy atom. The summed E-state index contributed by atoms with van der Waals surface area (Å²) < 4.78 is 4.24. The third kappa shape index (κ3) is 4.04. The summed E-state index contributed by atoms with van der Waals surface area (Å²) in [6, 6.07) is 15.3. The summed E-state index contributed by atoms with van der Waals surface area (Å²) in [7, 11) is 0. The Kier molecular flexibility index (Phi) is 5.75. The first-order valence-corrected chi connectivity index (χ1v) is 9.57. The largest absolute Gasteiger partial charge is 0.481 e. The molecule has 0 saturated carbocycles. The van der Waals surface area contributed by atoms with Gasteiger partial charge >= 0.3 is 12.1 Å². The number of nitrogens with one attached hydrogen (secondary N) is 1. The minimum absolute atomic E-state index is 0.494. The molecule has 0 bridgehead atoms. The van der Waals surface area contributed by atoms with Gasteiger partial charge < -0.3 is 10.2 Å². The number of hydrogen-bond acceptors (Lipinski definition) is 4. The molecule has 2 aromatic carbocycles. The monoisotopic (exact) mass is 396 g/mol. The van der Waals surface area contributed by atoms with Crippen molar-refractivity contribution in [3.05, 3.63) is 59.8 Å². The molecule has 7 heteroatoms. The predicted octanol–water partition coefficient (Wildman–Crippen LogP) is 5.45. The zero-order valence-corrected chi connectivity index (χ0v) is 16.3.